The molecule has 0 saturated heterocycles. The first kappa shape index (κ1) is 31.2. The molecule has 0 amide bonds. The fourth-order valence-electron chi connectivity index (χ4n) is 0.134. The van der Waals surface area contributed by atoms with Gasteiger partial charge in [-0.25, -0.2) is 0 Å². The molecule has 0 aromatic heterocycles. The summed E-state index contributed by atoms with van der Waals surface area (Å²) in [6.45, 7) is 0. The Morgan fingerprint density at radius 1 is 0.591 bits per heavy atom. The van der Waals surface area contributed by atoms with E-state index >= 15 is 0 Å². The molecule has 0 fully saturated rings. The molecule has 0 radical (unpaired) electrons. The number of hydrogen-bond donors (Lipinski definition) is 0. The second-order valence-corrected chi connectivity index (χ2v) is 6.17. The number of carboxylic acid groups (broad SMARTS) is 3. The van der Waals surface area contributed by atoms with E-state index in [-0.39, 0.29) is 39.3 Å². The third-order valence-corrected chi connectivity index (χ3v) is 5.75. The molecule has 120 valence electrons. The van der Waals surface area contributed by atoms with Crippen LogP contribution in [0.2, 0.25) is 0 Å². The van der Waals surface area contributed by atoms with Gasteiger partial charge in [-0.3, -0.25) is 0 Å². The van der Waals surface area contributed by atoms with Crippen LogP contribution < -0.4 is 15.3 Å². The van der Waals surface area contributed by atoms with E-state index in [1.54, 1.807) is 0 Å². The number of hydrogen-bond acceptors (Lipinski definition) is 6. The fourth-order valence-corrected chi connectivity index (χ4v) is 0.694. The first-order chi connectivity index (χ1) is 9.54. The maximum absolute atomic E-state index is 9.67. The van der Waals surface area contributed by atoms with Gasteiger partial charge in [-0.15, -0.1) is 0 Å². The van der Waals surface area contributed by atoms with Crippen molar-refractivity contribution in [2.24, 2.45) is 0 Å². The second kappa shape index (κ2) is 20.4. The van der Waals surface area contributed by atoms with Crippen LogP contribution in [0.15, 0.2) is 28.4 Å². The van der Waals surface area contributed by atoms with Crippen molar-refractivity contribution >= 4 is 139 Å². The van der Waals surface area contributed by atoms with E-state index in [0.717, 1.165) is 0 Å². The summed E-state index contributed by atoms with van der Waals surface area (Å²) in [5.41, 5.74) is 0. The minimum absolute atomic E-state index is 0. The molecule has 6 nitrogen and oxygen atoms in total. The van der Waals surface area contributed by atoms with Crippen LogP contribution >= 0.6 is 95.6 Å². The number of carbonyl (C=O) groups is 3. The molecule has 0 aromatic carbocycles. The topological polar surface area (TPSA) is 120 Å². The third kappa shape index (κ3) is 23.6. The van der Waals surface area contributed by atoms with E-state index in [2.05, 4.69) is 95.6 Å². The average molecular weight is 801 g/mol. The quantitative estimate of drug-likeness (QED) is 0.389. The maximum Gasteiger partial charge on any atom is 3.00 e. The molecule has 0 heterocycles. The predicted molar refractivity (Wildman–Crippen MR) is 98.6 cm³/mol. The zero-order valence-electron chi connectivity index (χ0n) is 10.0. The summed E-state index contributed by atoms with van der Waals surface area (Å²) in [4.78, 5) is 32.7. The van der Waals surface area contributed by atoms with Gasteiger partial charge in [0.05, 0.1) is 17.9 Å². The van der Waals surface area contributed by atoms with Gasteiger partial charge in [0.15, 0.2) is 0 Å². The van der Waals surface area contributed by atoms with Crippen LogP contribution in [0.4, 0.5) is 0 Å². The van der Waals surface area contributed by atoms with Crippen molar-refractivity contribution < 1.29 is 29.7 Å². The Bertz CT molecular complexity index is 395. The fraction of sp³-hybridized carbons (Fsp3) is 0. The maximum atomic E-state index is 9.67. The van der Waals surface area contributed by atoms with Gasteiger partial charge in [-0.2, -0.15) is 0 Å². The molecule has 13 heteroatoms. The molecular weight excluding hydrogens is 798 g/mol. The summed E-state index contributed by atoms with van der Waals surface area (Å²) < 4.78 is 0.0208. The Balaban J connectivity index is -0.000000108. The number of aliphatic carboxylic acids is 3. The molecule has 0 rings (SSSR count). The number of carbonyl (C=O) groups excluding carboxylic acids is 3. The Morgan fingerprint density at radius 3 is 0.727 bits per heavy atom. The Labute approximate surface area is 195 Å². The van der Waals surface area contributed by atoms with Crippen LogP contribution in [0.1, 0.15) is 0 Å². The van der Waals surface area contributed by atoms with Crippen molar-refractivity contribution in [1.82, 2.24) is 0 Å². The Kier molecular flexibility index (Phi) is 28.9. The monoisotopic (exact) mass is 795 g/mol. The summed E-state index contributed by atoms with van der Waals surface area (Å²) in [5, 5.41) is 29.0. The van der Waals surface area contributed by atoms with Gasteiger partial charge in [-0.1, -0.05) is 47.8 Å². The normalized spacial score (nSPS) is 10.9. The van der Waals surface area contributed by atoms with Crippen molar-refractivity contribution in [2.75, 3.05) is 0 Å². The largest absolute Gasteiger partial charge is 3.00 e. The summed E-state index contributed by atoms with van der Waals surface area (Å²) in [7, 11) is 0. The molecule has 0 spiro atoms. The minimum atomic E-state index is -1.23. The molecule has 0 aliphatic rings. The Hall–Kier alpha value is 1.38. The van der Waals surface area contributed by atoms with Crippen LogP contribution in [-0.2, 0) is 14.4 Å². The molecule has 0 saturated carbocycles. The number of carboxylic acids is 3. The van der Waals surface area contributed by atoms with Gasteiger partial charge in [0.2, 0.25) is 0 Å². The molecule has 0 aromatic rings. The molecule has 0 bridgehead atoms. The van der Waals surface area contributed by atoms with Crippen LogP contribution in [0, 0.1) is 0 Å². The summed E-state index contributed by atoms with van der Waals surface area (Å²) in [5.74, 6) is -3.68. The molecule has 0 unspecified atom stereocenters. The zero-order valence-corrected chi connectivity index (χ0v) is 22.8. The van der Waals surface area contributed by atoms with E-state index in [0.29, 0.717) is 0 Å². The van der Waals surface area contributed by atoms with Gasteiger partial charge < -0.3 is 29.7 Å². The van der Waals surface area contributed by atoms with Crippen molar-refractivity contribution in [3.63, 3.8) is 0 Å². The third-order valence-electron chi connectivity index (χ3n) is 0.872. The number of halogens is 6. The van der Waals surface area contributed by atoms with Gasteiger partial charge in [0.25, 0.3) is 0 Å². The van der Waals surface area contributed by atoms with Crippen LogP contribution in [0.25, 0.3) is 0 Å². The van der Waals surface area contributed by atoms with Gasteiger partial charge in [0, 0.05) is 13.4 Å². The summed E-state index contributed by atoms with van der Waals surface area (Å²) in [6.07, 6.45) is 0. The average Bonchev–Trinajstić information content (AvgIpc) is 2.45. The van der Waals surface area contributed by atoms with Crippen molar-refractivity contribution in [1.29, 1.82) is 0 Å². The number of rotatable bonds is 3. The summed E-state index contributed by atoms with van der Waals surface area (Å²) in [6, 6.07) is 0. The van der Waals surface area contributed by atoms with Crippen LogP contribution in [0.5, 0.6) is 0 Å². The van der Waals surface area contributed by atoms with Crippen molar-refractivity contribution in [3.05, 3.63) is 28.4 Å². The van der Waals surface area contributed by atoms with E-state index in [9.17, 15) is 29.7 Å². The molecule has 0 aliphatic carbocycles. The summed E-state index contributed by atoms with van der Waals surface area (Å²) >= 11 is 16.4. The minimum Gasteiger partial charge on any atom is -0.544 e. The first-order valence-electron chi connectivity index (χ1n) is 4.06. The van der Waals surface area contributed by atoms with E-state index in [1.165, 1.54) is 15.0 Å². The van der Waals surface area contributed by atoms with Crippen LogP contribution in [-0.4, -0.2) is 43.8 Å². The zero-order chi connectivity index (χ0) is 17.6. The SMILES string of the molecule is O=C([O-])C(Br)=CBr.O=C([O-])C(Br)=CBr.O=C([O-])C(Br)=CBr.[In+3]. The van der Waals surface area contributed by atoms with Crippen LogP contribution in [0.3, 0.4) is 0 Å². The molecule has 0 N–H and O–H groups in total. The second-order valence-electron chi connectivity index (χ2n) is 2.23. The smallest absolute Gasteiger partial charge is 0.544 e. The molecule has 22 heavy (non-hydrogen) atoms. The van der Waals surface area contributed by atoms with Gasteiger partial charge in [-0.05, 0) is 62.7 Å². The van der Waals surface area contributed by atoms with Gasteiger partial charge >= 0.3 is 25.8 Å². The molecule has 0 atom stereocenters. The van der Waals surface area contributed by atoms with Gasteiger partial charge in [0.1, 0.15) is 0 Å². The van der Waals surface area contributed by atoms with E-state index in [4.69, 9.17) is 0 Å². The van der Waals surface area contributed by atoms with Crippen molar-refractivity contribution in [3.8, 4) is 0 Å². The Morgan fingerprint density at radius 2 is 0.727 bits per heavy atom. The van der Waals surface area contributed by atoms with E-state index in [1.807, 2.05) is 0 Å². The predicted octanol–water partition coefficient (Wildman–Crippen LogP) is 0.722. The molecular formula is C9H3Br6InO6. The standard InChI is InChI=1S/3C3H2Br2O2.In/c3*4-1-2(5)3(6)7;/h3*1H,(H,6,7);/q;;;+3/p-3. The van der Waals surface area contributed by atoms with E-state index < -0.39 is 17.9 Å². The van der Waals surface area contributed by atoms with Crippen molar-refractivity contribution in [2.45, 2.75) is 0 Å². The first-order valence-corrected chi connectivity index (χ1v) is 9.19. The molecule has 0 aliphatic heterocycles.